The van der Waals surface area contributed by atoms with Gasteiger partial charge >= 0.3 is 0 Å². The van der Waals surface area contributed by atoms with Gasteiger partial charge in [0.25, 0.3) is 7.37 Å². The van der Waals surface area contributed by atoms with Crippen molar-refractivity contribution in [2.75, 3.05) is 19.0 Å². The van der Waals surface area contributed by atoms with E-state index in [0.29, 0.717) is 16.8 Å². The van der Waals surface area contributed by atoms with Gasteiger partial charge in [-0.2, -0.15) is 0 Å². The lowest BCUT2D eigenvalue weighted by Crippen LogP contribution is -2.22. The van der Waals surface area contributed by atoms with E-state index < -0.39 is 13.2 Å². The molecule has 0 saturated heterocycles. The molecule has 1 saturated carbocycles. The highest BCUT2D eigenvalue weighted by molar-refractivity contribution is 7.67. The van der Waals surface area contributed by atoms with Gasteiger partial charge in [0.15, 0.2) is 5.85 Å². The van der Waals surface area contributed by atoms with Crippen LogP contribution in [0.2, 0.25) is 0 Å². The monoisotopic (exact) mass is 415 g/mol. The normalized spacial score (nSPS) is 18.4. The maximum absolute atomic E-state index is 14.2. The first kappa shape index (κ1) is 22.1. The SMILES string of the molecule is CC(C)c1ccc([C@H](O)[P@@](=O)(OC2CCCCC2)c2ccc(N(C)C)cc2)cc1. The quantitative estimate of drug-likeness (QED) is 0.579. The zero-order valence-electron chi connectivity index (χ0n) is 18.0. The Morgan fingerprint density at radius 2 is 1.48 bits per heavy atom. The van der Waals surface area contributed by atoms with E-state index in [9.17, 15) is 9.67 Å². The number of aliphatic hydroxyl groups excluding tert-OH is 1. The molecular formula is C24H34NO3P. The minimum atomic E-state index is -3.51. The molecule has 29 heavy (non-hydrogen) atoms. The zero-order chi connectivity index (χ0) is 21.0. The van der Waals surface area contributed by atoms with E-state index in [0.717, 1.165) is 31.4 Å². The molecule has 158 valence electrons. The molecule has 0 aromatic heterocycles. The van der Waals surface area contributed by atoms with E-state index in [1.54, 1.807) is 0 Å². The van der Waals surface area contributed by atoms with Crippen LogP contribution in [0.25, 0.3) is 0 Å². The van der Waals surface area contributed by atoms with Crippen LogP contribution in [0, 0.1) is 0 Å². The smallest absolute Gasteiger partial charge is 0.264 e. The molecular weight excluding hydrogens is 381 g/mol. The van der Waals surface area contributed by atoms with Crippen LogP contribution in [0.3, 0.4) is 0 Å². The highest BCUT2D eigenvalue weighted by Gasteiger charge is 2.39. The summed E-state index contributed by atoms with van der Waals surface area (Å²) in [6.45, 7) is 4.27. The topological polar surface area (TPSA) is 49.8 Å². The van der Waals surface area contributed by atoms with Crippen molar-refractivity contribution >= 4 is 18.4 Å². The van der Waals surface area contributed by atoms with Crippen LogP contribution in [-0.2, 0) is 9.09 Å². The fraction of sp³-hybridized carbons (Fsp3) is 0.500. The first-order valence-corrected chi connectivity index (χ1v) is 12.3. The van der Waals surface area contributed by atoms with Gasteiger partial charge in [0, 0.05) is 25.1 Å². The van der Waals surface area contributed by atoms with Crippen LogP contribution >= 0.6 is 7.37 Å². The fourth-order valence-electron chi connectivity index (χ4n) is 3.86. The van der Waals surface area contributed by atoms with Gasteiger partial charge in [-0.15, -0.1) is 0 Å². The molecule has 0 heterocycles. The molecule has 1 aliphatic rings. The Morgan fingerprint density at radius 1 is 0.931 bits per heavy atom. The van der Waals surface area contributed by atoms with Gasteiger partial charge in [-0.05, 0) is 54.2 Å². The highest BCUT2D eigenvalue weighted by atomic mass is 31.2. The van der Waals surface area contributed by atoms with Crippen molar-refractivity contribution in [1.29, 1.82) is 0 Å². The number of hydrogen-bond acceptors (Lipinski definition) is 4. The molecule has 0 bridgehead atoms. The van der Waals surface area contributed by atoms with Crippen molar-refractivity contribution in [3.8, 4) is 0 Å². The van der Waals surface area contributed by atoms with E-state index in [2.05, 4.69) is 13.8 Å². The van der Waals surface area contributed by atoms with Crippen LogP contribution < -0.4 is 10.2 Å². The largest absolute Gasteiger partial charge is 0.378 e. The van der Waals surface area contributed by atoms with E-state index in [1.165, 1.54) is 12.0 Å². The second-order valence-electron chi connectivity index (χ2n) is 8.57. The molecule has 1 fully saturated rings. The predicted octanol–water partition coefficient (Wildman–Crippen LogP) is 5.82. The molecule has 0 radical (unpaired) electrons. The summed E-state index contributed by atoms with van der Waals surface area (Å²) in [5.41, 5.74) is 2.86. The molecule has 4 nitrogen and oxygen atoms in total. The molecule has 0 spiro atoms. The zero-order valence-corrected chi connectivity index (χ0v) is 18.9. The van der Waals surface area contributed by atoms with E-state index in [-0.39, 0.29) is 6.10 Å². The Labute approximate surface area is 175 Å². The lowest BCUT2D eigenvalue weighted by molar-refractivity contribution is 0.137. The van der Waals surface area contributed by atoms with Crippen LogP contribution in [0.5, 0.6) is 0 Å². The van der Waals surface area contributed by atoms with Crippen LogP contribution in [0.15, 0.2) is 48.5 Å². The van der Waals surface area contributed by atoms with Crippen LogP contribution in [0.4, 0.5) is 5.69 Å². The Balaban J connectivity index is 1.95. The first-order valence-electron chi connectivity index (χ1n) is 10.7. The molecule has 2 aromatic carbocycles. The molecule has 1 aliphatic carbocycles. The molecule has 5 heteroatoms. The third kappa shape index (κ3) is 5.12. The Hall–Kier alpha value is -1.61. The first-order chi connectivity index (χ1) is 13.8. The van der Waals surface area contributed by atoms with Gasteiger partial charge in [-0.3, -0.25) is 4.57 Å². The number of hydrogen-bond donors (Lipinski definition) is 1. The summed E-state index contributed by atoms with van der Waals surface area (Å²) in [5.74, 6) is -0.763. The molecule has 2 aromatic rings. The van der Waals surface area contributed by atoms with Crippen molar-refractivity contribution < 1.29 is 14.2 Å². The molecule has 2 atom stereocenters. The predicted molar refractivity (Wildman–Crippen MR) is 121 cm³/mol. The van der Waals surface area contributed by atoms with Crippen molar-refractivity contribution in [2.24, 2.45) is 0 Å². The Bertz CT molecular complexity index is 824. The fourth-order valence-corrected chi connectivity index (χ4v) is 6.16. The average molecular weight is 416 g/mol. The minimum absolute atomic E-state index is 0.0623. The summed E-state index contributed by atoms with van der Waals surface area (Å²) >= 11 is 0. The molecule has 0 aliphatic heterocycles. The van der Waals surface area contributed by atoms with Gasteiger partial charge in [0.05, 0.1) is 6.10 Å². The van der Waals surface area contributed by atoms with Crippen LogP contribution in [-0.4, -0.2) is 25.3 Å². The summed E-state index contributed by atoms with van der Waals surface area (Å²) in [6, 6.07) is 15.3. The summed E-state index contributed by atoms with van der Waals surface area (Å²) in [6.07, 6.45) is 5.11. The molecule has 1 N–H and O–H groups in total. The lowest BCUT2D eigenvalue weighted by atomic mass is 9.98. The Kier molecular flexibility index (Phi) is 7.21. The van der Waals surface area contributed by atoms with Crippen molar-refractivity contribution in [1.82, 2.24) is 0 Å². The number of nitrogens with zero attached hydrogens (tertiary/aromatic N) is 1. The second kappa shape index (κ2) is 9.47. The number of aliphatic hydroxyl groups is 1. The summed E-state index contributed by atoms with van der Waals surface area (Å²) < 4.78 is 20.4. The minimum Gasteiger partial charge on any atom is -0.378 e. The van der Waals surface area contributed by atoms with Crippen molar-refractivity contribution in [3.63, 3.8) is 0 Å². The molecule has 3 rings (SSSR count). The average Bonchev–Trinajstić information content (AvgIpc) is 2.74. The van der Waals surface area contributed by atoms with Crippen molar-refractivity contribution in [2.45, 2.75) is 63.8 Å². The summed E-state index contributed by atoms with van der Waals surface area (Å²) in [7, 11) is 0.436. The maximum Gasteiger partial charge on any atom is 0.264 e. The summed E-state index contributed by atoms with van der Waals surface area (Å²) in [4.78, 5) is 2.00. The molecule has 0 unspecified atom stereocenters. The maximum atomic E-state index is 14.2. The van der Waals surface area contributed by atoms with Crippen LogP contribution in [0.1, 0.15) is 68.8 Å². The molecule has 0 amide bonds. The van der Waals surface area contributed by atoms with E-state index in [1.807, 2.05) is 67.5 Å². The standard InChI is InChI=1S/C24H34NO3P/c1-18(2)19-10-12-20(13-11-19)24(26)29(27,28-22-8-6-5-7-9-22)23-16-14-21(15-17-23)25(3)4/h10-18,22,24,26H,5-9H2,1-4H3/t24-,29+/m1/s1. The van der Waals surface area contributed by atoms with Gasteiger partial charge in [-0.25, -0.2) is 0 Å². The lowest BCUT2D eigenvalue weighted by Gasteiger charge is -2.31. The number of anilines is 1. The number of benzene rings is 2. The second-order valence-corrected chi connectivity index (χ2v) is 11.0. The van der Waals surface area contributed by atoms with Crippen molar-refractivity contribution in [3.05, 3.63) is 59.7 Å². The third-order valence-electron chi connectivity index (χ3n) is 5.81. The van der Waals surface area contributed by atoms with Gasteiger partial charge in [0.2, 0.25) is 0 Å². The van der Waals surface area contributed by atoms with Gasteiger partial charge in [-0.1, -0.05) is 57.4 Å². The van der Waals surface area contributed by atoms with E-state index in [4.69, 9.17) is 4.52 Å². The third-order valence-corrected chi connectivity index (χ3v) is 8.38. The highest BCUT2D eigenvalue weighted by Crippen LogP contribution is 2.59. The van der Waals surface area contributed by atoms with E-state index >= 15 is 0 Å². The van der Waals surface area contributed by atoms with Gasteiger partial charge < -0.3 is 14.5 Å². The summed E-state index contributed by atoms with van der Waals surface area (Å²) in [5, 5.41) is 11.8. The van der Waals surface area contributed by atoms with Gasteiger partial charge in [0.1, 0.15) is 0 Å². The number of rotatable bonds is 7. The Morgan fingerprint density at radius 3 is 2.00 bits per heavy atom.